The fourth-order valence-corrected chi connectivity index (χ4v) is 2.52. The molecule has 0 aliphatic heterocycles. The van der Waals surface area contributed by atoms with E-state index in [1.165, 1.54) is 0 Å². The summed E-state index contributed by atoms with van der Waals surface area (Å²) in [4.78, 5) is 25.0. The average molecular weight is 296 g/mol. The molecule has 0 aliphatic rings. The third kappa shape index (κ3) is 3.90. The van der Waals surface area contributed by atoms with Crippen LogP contribution in [-0.4, -0.2) is 47.1 Å². The molecule has 5 nitrogen and oxygen atoms in total. The zero-order valence-corrected chi connectivity index (χ0v) is 13.0. The fourth-order valence-electron chi connectivity index (χ4n) is 1.81. The highest BCUT2D eigenvalue weighted by Crippen LogP contribution is 2.20. The first-order valence-corrected chi connectivity index (χ1v) is 7.63. The standard InChI is InChI=1S/C14H20N2O3S/c1-9-6-5-7-11(12(9)13(17)18)15-14(19)16(3)10(2)8-20-4/h5-7,10H,8H2,1-4H3,(H,15,19)(H,17,18). The quantitative estimate of drug-likeness (QED) is 0.876. The number of carbonyl (C=O) groups is 2. The first kappa shape index (κ1) is 16.4. The predicted octanol–water partition coefficient (Wildman–Crippen LogP) is 2.91. The SMILES string of the molecule is CSCC(C)N(C)C(=O)Nc1cccc(C)c1C(=O)O. The Kier molecular flexibility index (Phi) is 5.88. The van der Waals surface area contributed by atoms with E-state index in [1.54, 1.807) is 48.8 Å². The molecule has 0 radical (unpaired) electrons. The molecule has 2 amide bonds. The van der Waals surface area contributed by atoms with Crippen LogP contribution in [0.2, 0.25) is 0 Å². The van der Waals surface area contributed by atoms with Crippen molar-refractivity contribution in [3.05, 3.63) is 29.3 Å². The number of aromatic carboxylic acids is 1. The normalized spacial score (nSPS) is 11.8. The van der Waals surface area contributed by atoms with Gasteiger partial charge in [0.05, 0.1) is 11.3 Å². The van der Waals surface area contributed by atoms with Gasteiger partial charge in [-0.3, -0.25) is 0 Å². The number of carboxylic acids is 1. The minimum absolute atomic E-state index is 0.0723. The van der Waals surface area contributed by atoms with Crippen molar-refractivity contribution in [2.75, 3.05) is 24.4 Å². The molecule has 0 fully saturated rings. The van der Waals surface area contributed by atoms with E-state index in [4.69, 9.17) is 0 Å². The summed E-state index contributed by atoms with van der Waals surface area (Å²) in [5.41, 5.74) is 1.08. The number of rotatable bonds is 5. The number of aryl methyl sites for hydroxylation is 1. The molecule has 1 unspecified atom stereocenters. The van der Waals surface area contributed by atoms with Crippen LogP contribution in [0.1, 0.15) is 22.8 Å². The Morgan fingerprint density at radius 1 is 1.45 bits per heavy atom. The van der Waals surface area contributed by atoms with Crippen molar-refractivity contribution >= 4 is 29.4 Å². The third-order valence-corrected chi connectivity index (χ3v) is 3.93. The van der Waals surface area contributed by atoms with Gasteiger partial charge in [-0.25, -0.2) is 9.59 Å². The molecule has 1 aromatic rings. The number of thioether (sulfide) groups is 1. The van der Waals surface area contributed by atoms with Crippen LogP contribution < -0.4 is 5.32 Å². The molecule has 0 aliphatic carbocycles. The molecule has 0 aromatic heterocycles. The van der Waals surface area contributed by atoms with Crippen molar-refractivity contribution in [1.29, 1.82) is 0 Å². The van der Waals surface area contributed by atoms with E-state index in [0.29, 0.717) is 11.3 Å². The molecule has 20 heavy (non-hydrogen) atoms. The van der Waals surface area contributed by atoms with E-state index in [0.717, 1.165) is 5.75 Å². The van der Waals surface area contributed by atoms with Gasteiger partial charge >= 0.3 is 12.0 Å². The van der Waals surface area contributed by atoms with Crippen molar-refractivity contribution in [3.63, 3.8) is 0 Å². The monoisotopic (exact) mass is 296 g/mol. The van der Waals surface area contributed by atoms with Crippen molar-refractivity contribution in [2.45, 2.75) is 19.9 Å². The van der Waals surface area contributed by atoms with E-state index >= 15 is 0 Å². The molecular formula is C14H20N2O3S. The fraction of sp³-hybridized carbons (Fsp3) is 0.429. The van der Waals surface area contributed by atoms with E-state index in [1.807, 2.05) is 13.2 Å². The predicted molar refractivity (Wildman–Crippen MR) is 82.8 cm³/mol. The molecule has 6 heteroatoms. The maximum atomic E-state index is 12.1. The lowest BCUT2D eigenvalue weighted by Gasteiger charge is -2.25. The van der Waals surface area contributed by atoms with Crippen LogP contribution >= 0.6 is 11.8 Å². The highest BCUT2D eigenvalue weighted by molar-refractivity contribution is 7.98. The lowest BCUT2D eigenvalue weighted by atomic mass is 10.1. The Morgan fingerprint density at radius 2 is 2.10 bits per heavy atom. The topological polar surface area (TPSA) is 69.6 Å². The van der Waals surface area contributed by atoms with E-state index in [9.17, 15) is 14.7 Å². The summed E-state index contributed by atoms with van der Waals surface area (Å²) in [5, 5.41) is 11.9. The summed E-state index contributed by atoms with van der Waals surface area (Å²) < 4.78 is 0. The second-order valence-electron chi connectivity index (χ2n) is 4.65. The molecular weight excluding hydrogens is 276 g/mol. The molecule has 1 rings (SSSR count). The van der Waals surface area contributed by atoms with Gasteiger partial charge in [0.1, 0.15) is 0 Å². The Morgan fingerprint density at radius 3 is 2.65 bits per heavy atom. The number of carboxylic acid groups (broad SMARTS) is 1. The van der Waals surface area contributed by atoms with Crippen molar-refractivity contribution < 1.29 is 14.7 Å². The molecule has 1 atom stereocenters. The number of hydrogen-bond donors (Lipinski definition) is 2. The molecule has 0 spiro atoms. The summed E-state index contributed by atoms with van der Waals surface area (Å²) in [5.74, 6) is -0.220. The second kappa shape index (κ2) is 7.19. The van der Waals surface area contributed by atoms with Crippen LogP contribution in [0.5, 0.6) is 0 Å². The number of nitrogens with zero attached hydrogens (tertiary/aromatic N) is 1. The highest BCUT2D eigenvalue weighted by atomic mass is 32.2. The summed E-state index contributed by atoms with van der Waals surface area (Å²) in [6.07, 6.45) is 1.98. The van der Waals surface area contributed by atoms with Gasteiger partial charge in [0.2, 0.25) is 0 Å². The lowest BCUT2D eigenvalue weighted by Crippen LogP contribution is -2.39. The van der Waals surface area contributed by atoms with Crippen molar-refractivity contribution in [2.24, 2.45) is 0 Å². The summed E-state index contributed by atoms with van der Waals surface area (Å²) in [6, 6.07) is 4.80. The first-order chi connectivity index (χ1) is 9.38. The Labute approximate surface area is 123 Å². The zero-order valence-electron chi connectivity index (χ0n) is 12.1. The first-order valence-electron chi connectivity index (χ1n) is 6.24. The lowest BCUT2D eigenvalue weighted by molar-refractivity contribution is 0.0697. The Hall–Kier alpha value is -1.69. The van der Waals surface area contributed by atoms with Crippen LogP contribution in [0.3, 0.4) is 0 Å². The van der Waals surface area contributed by atoms with E-state index in [2.05, 4.69) is 5.32 Å². The van der Waals surface area contributed by atoms with Crippen molar-refractivity contribution in [1.82, 2.24) is 4.90 Å². The number of nitrogens with one attached hydrogen (secondary N) is 1. The van der Waals surface area contributed by atoms with Crippen LogP contribution in [-0.2, 0) is 0 Å². The van der Waals surface area contributed by atoms with Crippen LogP contribution in [0.15, 0.2) is 18.2 Å². The van der Waals surface area contributed by atoms with Gasteiger partial charge in [-0.15, -0.1) is 0 Å². The van der Waals surface area contributed by atoms with Gasteiger partial charge in [-0.1, -0.05) is 12.1 Å². The van der Waals surface area contributed by atoms with Gasteiger partial charge in [0.25, 0.3) is 0 Å². The Balaban J connectivity index is 2.91. The highest BCUT2D eigenvalue weighted by Gasteiger charge is 2.19. The van der Waals surface area contributed by atoms with Crippen molar-refractivity contribution in [3.8, 4) is 0 Å². The third-order valence-electron chi connectivity index (χ3n) is 3.12. The zero-order chi connectivity index (χ0) is 15.3. The minimum Gasteiger partial charge on any atom is -0.478 e. The number of amides is 2. The number of benzene rings is 1. The molecule has 2 N–H and O–H groups in total. The van der Waals surface area contributed by atoms with Gasteiger partial charge in [0.15, 0.2) is 0 Å². The molecule has 110 valence electrons. The molecule has 0 heterocycles. The summed E-state index contributed by atoms with van der Waals surface area (Å²) in [7, 11) is 1.70. The summed E-state index contributed by atoms with van der Waals surface area (Å²) >= 11 is 1.66. The number of hydrogen-bond acceptors (Lipinski definition) is 3. The summed E-state index contributed by atoms with van der Waals surface area (Å²) in [6.45, 7) is 3.66. The maximum Gasteiger partial charge on any atom is 0.338 e. The molecule has 0 bridgehead atoms. The molecule has 1 aromatic carbocycles. The van der Waals surface area contributed by atoms with Gasteiger partial charge in [-0.05, 0) is 31.7 Å². The molecule has 0 saturated carbocycles. The van der Waals surface area contributed by atoms with Crippen LogP contribution in [0, 0.1) is 6.92 Å². The van der Waals surface area contributed by atoms with Crippen LogP contribution in [0.25, 0.3) is 0 Å². The van der Waals surface area contributed by atoms with E-state index in [-0.39, 0.29) is 17.6 Å². The second-order valence-corrected chi connectivity index (χ2v) is 5.56. The Bertz CT molecular complexity index is 505. The average Bonchev–Trinajstić information content (AvgIpc) is 2.37. The number of urea groups is 1. The largest absolute Gasteiger partial charge is 0.478 e. The molecule has 0 saturated heterocycles. The van der Waals surface area contributed by atoms with E-state index < -0.39 is 5.97 Å². The smallest absolute Gasteiger partial charge is 0.338 e. The number of anilines is 1. The van der Waals surface area contributed by atoms with Gasteiger partial charge < -0.3 is 15.3 Å². The number of carbonyl (C=O) groups excluding carboxylic acids is 1. The van der Waals surface area contributed by atoms with Gasteiger partial charge in [-0.2, -0.15) is 11.8 Å². The van der Waals surface area contributed by atoms with Gasteiger partial charge in [0, 0.05) is 18.8 Å². The van der Waals surface area contributed by atoms with Crippen LogP contribution in [0.4, 0.5) is 10.5 Å². The maximum absolute atomic E-state index is 12.1. The minimum atomic E-state index is -1.04.